The zero-order valence-electron chi connectivity index (χ0n) is 9.53. The van der Waals surface area contributed by atoms with Gasteiger partial charge < -0.3 is 5.11 Å². The van der Waals surface area contributed by atoms with E-state index in [1.54, 1.807) is 25.1 Å². The fraction of sp³-hybridized carbons (Fsp3) is 0.182. The van der Waals surface area contributed by atoms with Crippen LogP contribution in [0.1, 0.15) is 5.56 Å². The molecule has 1 aliphatic heterocycles. The molecule has 0 amide bonds. The van der Waals surface area contributed by atoms with Gasteiger partial charge in [-0.3, -0.25) is 0 Å². The Morgan fingerprint density at radius 1 is 1.39 bits per heavy atom. The average Bonchev–Trinajstić information content (AvgIpc) is 2.78. The third kappa shape index (κ3) is 2.11. The first-order chi connectivity index (χ1) is 8.44. The number of aryl methyl sites for hydroxylation is 1. The maximum Gasteiger partial charge on any atom is 0.353 e. The van der Waals surface area contributed by atoms with Crippen LogP contribution in [0, 0.1) is 6.92 Å². The number of hydrogen-bond acceptors (Lipinski definition) is 4. The highest BCUT2D eigenvalue weighted by molar-refractivity contribution is 8.03. The van der Waals surface area contributed by atoms with Crippen LogP contribution in [0.5, 0.6) is 0 Å². The quantitative estimate of drug-likeness (QED) is 0.913. The summed E-state index contributed by atoms with van der Waals surface area (Å²) >= 11 is 1.15. The van der Waals surface area contributed by atoms with Crippen molar-refractivity contribution in [3.05, 3.63) is 40.9 Å². The Hall–Kier alpha value is -1.47. The van der Waals surface area contributed by atoms with Crippen molar-refractivity contribution in [2.45, 2.75) is 11.8 Å². The van der Waals surface area contributed by atoms with Gasteiger partial charge in [0.25, 0.3) is 10.0 Å². The van der Waals surface area contributed by atoms with Crippen LogP contribution in [-0.4, -0.2) is 29.7 Å². The van der Waals surface area contributed by atoms with Crippen LogP contribution >= 0.6 is 11.8 Å². The molecule has 1 aromatic rings. The molecule has 0 bridgehead atoms. The van der Waals surface area contributed by atoms with Crippen LogP contribution in [0.2, 0.25) is 0 Å². The number of thioether (sulfide) groups is 1. The summed E-state index contributed by atoms with van der Waals surface area (Å²) in [6.45, 7) is 1.68. The molecule has 0 aromatic heterocycles. The second-order valence-electron chi connectivity index (χ2n) is 3.72. The highest BCUT2D eigenvalue weighted by Crippen LogP contribution is 2.31. The molecule has 0 fully saturated rings. The first-order valence-electron chi connectivity index (χ1n) is 5.08. The molecule has 0 atom stereocenters. The Morgan fingerprint density at radius 3 is 2.67 bits per heavy atom. The summed E-state index contributed by atoms with van der Waals surface area (Å²) in [4.78, 5) is 11.1. The molecular formula is C11H11NO4S2. The molecule has 5 nitrogen and oxygen atoms in total. The van der Waals surface area contributed by atoms with Crippen molar-refractivity contribution in [1.82, 2.24) is 4.31 Å². The van der Waals surface area contributed by atoms with E-state index in [1.807, 2.05) is 0 Å². The topological polar surface area (TPSA) is 74.7 Å². The van der Waals surface area contributed by atoms with Crippen molar-refractivity contribution in [3.8, 4) is 0 Å². The smallest absolute Gasteiger partial charge is 0.353 e. The molecule has 0 saturated heterocycles. The van der Waals surface area contributed by atoms with Crippen molar-refractivity contribution in [2.75, 3.05) is 5.88 Å². The minimum Gasteiger partial charge on any atom is -0.477 e. The van der Waals surface area contributed by atoms with E-state index < -0.39 is 16.0 Å². The minimum atomic E-state index is -3.80. The first-order valence-corrected chi connectivity index (χ1v) is 7.57. The number of sulfonamides is 1. The standard InChI is InChI=1S/C11H11NO4S2/c1-8-4-2-3-5-10(8)18(15,16)12-7-17-6-9(12)11(13)14/h2-6H,7H2,1H3,(H,13,14). The van der Waals surface area contributed by atoms with Gasteiger partial charge in [0.05, 0.1) is 10.8 Å². The normalized spacial score (nSPS) is 15.6. The van der Waals surface area contributed by atoms with Crippen LogP contribution in [0.4, 0.5) is 0 Å². The van der Waals surface area contributed by atoms with Crippen LogP contribution < -0.4 is 0 Å². The molecule has 0 spiro atoms. The molecule has 7 heteroatoms. The largest absolute Gasteiger partial charge is 0.477 e. The summed E-state index contributed by atoms with van der Waals surface area (Å²) in [5.74, 6) is -1.14. The SMILES string of the molecule is Cc1ccccc1S(=O)(=O)N1CSC=C1C(=O)O. The van der Waals surface area contributed by atoms with Crippen LogP contribution in [-0.2, 0) is 14.8 Å². The molecule has 2 rings (SSSR count). The van der Waals surface area contributed by atoms with E-state index in [1.165, 1.54) is 11.5 Å². The van der Waals surface area contributed by atoms with E-state index in [-0.39, 0.29) is 16.5 Å². The summed E-state index contributed by atoms with van der Waals surface area (Å²) in [5, 5.41) is 10.3. The molecular weight excluding hydrogens is 274 g/mol. The first kappa shape index (κ1) is 13.0. The molecule has 0 aliphatic carbocycles. The Balaban J connectivity index is 2.48. The molecule has 1 aromatic carbocycles. The summed E-state index contributed by atoms with van der Waals surface area (Å²) in [6.07, 6.45) is 0. The monoisotopic (exact) mass is 285 g/mol. The van der Waals surface area contributed by atoms with E-state index in [4.69, 9.17) is 5.11 Å². The number of carboxylic acid groups (broad SMARTS) is 1. The Labute approximate surface area is 109 Å². The minimum absolute atomic E-state index is 0.0955. The lowest BCUT2D eigenvalue weighted by Crippen LogP contribution is -2.31. The van der Waals surface area contributed by atoms with E-state index in [9.17, 15) is 13.2 Å². The molecule has 0 saturated carbocycles. The van der Waals surface area contributed by atoms with Crippen LogP contribution in [0.15, 0.2) is 40.3 Å². The second-order valence-corrected chi connectivity index (χ2v) is 6.38. The fourth-order valence-electron chi connectivity index (χ4n) is 1.63. The number of aliphatic carboxylic acids is 1. The number of carboxylic acids is 1. The van der Waals surface area contributed by atoms with Gasteiger partial charge in [0.15, 0.2) is 0 Å². The van der Waals surface area contributed by atoms with Crippen molar-refractivity contribution < 1.29 is 18.3 Å². The summed E-state index contributed by atoms with van der Waals surface area (Å²) in [7, 11) is -3.80. The maximum atomic E-state index is 12.4. The molecule has 1 N–H and O–H groups in total. The second kappa shape index (κ2) is 4.66. The van der Waals surface area contributed by atoms with Gasteiger partial charge in [0, 0.05) is 5.41 Å². The molecule has 0 radical (unpaired) electrons. The van der Waals surface area contributed by atoms with Gasteiger partial charge in [-0.05, 0) is 18.6 Å². The highest BCUT2D eigenvalue weighted by Gasteiger charge is 2.33. The van der Waals surface area contributed by atoms with Crippen molar-refractivity contribution in [3.63, 3.8) is 0 Å². The van der Waals surface area contributed by atoms with Gasteiger partial charge in [-0.2, -0.15) is 0 Å². The average molecular weight is 285 g/mol. The third-order valence-electron chi connectivity index (χ3n) is 2.54. The lowest BCUT2D eigenvalue weighted by atomic mass is 10.2. The Bertz CT molecular complexity index is 622. The predicted octanol–water partition coefficient (Wildman–Crippen LogP) is 1.62. The molecule has 96 valence electrons. The maximum absolute atomic E-state index is 12.4. The van der Waals surface area contributed by atoms with E-state index in [2.05, 4.69) is 0 Å². The predicted molar refractivity (Wildman–Crippen MR) is 68.4 cm³/mol. The van der Waals surface area contributed by atoms with E-state index in [0.717, 1.165) is 16.1 Å². The van der Waals surface area contributed by atoms with Gasteiger partial charge in [-0.1, -0.05) is 18.2 Å². The van der Waals surface area contributed by atoms with Crippen molar-refractivity contribution in [2.24, 2.45) is 0 Å². The van der Waals surface area contributed by atoms with E-state index >= 15 is 0 Å². The lowest BCUT2D eigenvalue weighted by Gasteiger charge is -2.20. The summed E-state index contributed by atoms with van der Waals surface area (Å²) < 4.78 is 25.7. The van der Waals surface area contributed by atoms with Gasteiger partial charge in [0.1, 0.15) is 5.70 Å². The van der Waals surface area contributed by atoms with Crippen LogP contribution in [0.3, 0.4) is 0 Å². The number of carbonyl (C=O) groups is 1. The Morgan fingerprint density at radius 2 is 2.06 bits per heavy atom. The van der Waals surface area contributed by atoms with E-state index in [0.29, 0.717) is 5.56 Å². The van der Waals surface area contributed by atoms with Gasteiger partial charge >= 0.3 is 5.97 Å². The Kier molecular flexibility index (Phi) is 3.36. The summed E-state index contributed by atoms with van der Waals surface area (Å²) in [6, 6.07) is 6.52. The van der Waals surface area contributed by atoms with Crippen molar-refractivity contribution in [1.29, 1.82) is 0 Å². The number of rotatable bonds is 3. The van der Waals surface area contributed by atoms with Gasteiger partial charge in [-0.25, -0.2) is 17.5 Å². The van der Waals surface area contributed by atoms with Gasteiger partial charge in [0.2, 0.25) is 0 Å². The number of nitrogens with zero attached hydrogens (tertiary/aromatic N) is 1. The lowest BCUT2D eigenvalue weighted by molar-refractivity contribution is -0.133. The molecule has 1 aliphatic rings. The zero-order chi connectivity index (χ0) is 13.3. The fourth-order valence-corrected chi connectivity index (χ4v) is 4.52. The van der Waals surface area contributed by atoms with Crippen molar-refractivity contribution >= 4 is 27.8 Å². The summed E-state index contributed by atoms with van der Waals surface area (Å²) in [5.41, 5.74) is 0.391. The van der Waals surface area contributed by atoms with Gasteiger partial charge in [-0.15, -0.1) is 11.8 Å². The highest BCUT2D eigenvalue weighted by atomic mass is 32.2. The number of hydrogen-bond donors (Lipinski definition) is 1. The molecule has 1 heterocycles. The van der Waals surface area contributed by atoms with Crippen LogP contribution in [0.25, 0.3) is 0 Å². The zero-order valence-corrected chi connectivity index (χ0v) is 11.2. The number of benzene rings is 1. The molecule has 0 unspecified atom stereocenters. The molecule has 18 heavy (non-hydrogen) atoms. The third-order valence-corrected chi connectivity index (χ3v) is 5.42.